The van der Waals surface area contributed by atoms with E-state index in [1.807, 2.05) is 48.7 Å². The van der Waals surface area contributed by atoms with Crippen molar-refractivity contribution < 1.29 is 0 Å². The van der Waals surface area contributed by atoms with Crippen molar-refractivity contribution in [2.24, 2.45) is 0 Å². The molecule has 3 aromatic rings. The van der Waals surface area contributed by atoms with Gasteiger partial charge in [-0.25, -0.2) is 0 Å². The van der Waals surface area contributed by atoms with Gasteiger partial charge in [0.15, 0.2) is 0 Å². The summed E-state index contributed by atoms with van der Waals surface area (Å²) in [7, 11) is 0. The molecule has 1 aromatic heterocycles. The van der Waals surface area contributed by atoms with Crippen LogP contribution in [0, 0.1) is 0 Å². The summed E-state index contributed by atoms with van der Waals surface area (Å²) in [5.41, 5.74) is 3.13. The van der Waals surface area contributed by atoms with Crippen LogP contribution in [0.1, 0.15) is 11.1 Å². The molecule has 21 heavy (non-hydrogen) atoms. The van der Waals surface area contributed by atoms with Crippen LogP contribution in [0.25, 0.3) is 23.1 Å². The van der Waals surface area contributed by atoms with Crippen molar-refractivity contribution in [3.05, 3.63) is 75.9 Å². The van der Waals surface area contributed by atoms with Gasteiger partial charge in [0.25, 0.3) is 0 Å². The van der Waals surface area contributed by atoms with Gasteiger partial charge in [-0.15, -0.1) is 12.4 Å². The molecule has 0 aliphatic carbocycles. The first-order valence-electron chi connectivity index (χ1n) is 6.21. The third-order valence-corrected chi connectivity index (χ3v) is 3.82. The van der Waals surface area contributed by atoms with Crippen molar-refractivity contribution in [3.63, 3.8) is 0 Å². The summed E-state index contributed by atoms with van der Waals surface area (Å²) in [4.78, 5) is 4.35. The highest BCUT2D eigenvalue weighted by molar-refractivity contribution is 6.42. The standard InChI is InChI=1S/C17H11Cl2N.ClH/c18-15-8-6-12(11-16(15)19)5-7-13-9-10-20-17-4-2-1-3-14(13)17;/h1-11H;1H/b7-5+;. The molecule has 0 amide bonds. The van der Waals surface area contributed by atoms with Gasteiger partial charge in [0, 0.05) is 11.6 Å². The second-order valence-electron chi connectivity index (χ2n) is 4.42. The SMILES string of the molecule is Cl.Clc1ccc(/C=C/c2ccnc3ccccc23)cc1Cl. The van der Waals surface area contributed by atoms with Gasteiger partial charge < -0.3 is 0 Å². The van der Waals surface area contributed by atoms with Gasteiger partial charge in [-0.05, 0) is 35.4 Å². The molecule has 4 heteroatoms. The Morgan fingerprint density at radius 1 is 0.857 bits per heavy atom. The molecule has 0 radical (unpaired) electrons. The predicted molar refractivity (Wildman–Crippen MR) is 94.4 cm³/mol. The molecule has 0 atom stereocenters. The molecule has 0 aliphatic heterocycles. The highest BCUT2D eigenvalue weighted by atomic mass is 35.5. The molecule has 0 bridgehead atoms. The van der Waals surface area contributed by atoms with E-state index in [9.17, 15) is 0 Å². The second kappa shape index (κ2) is 6.95. The van der Waals surface area contributed by atoms with E-state index in [0.29, 0.717) is 10.0 Å². The summed E-state index contributed by atoms with van der Waals surface area (Å²) in [6.45, 7) is 0. The largest absolute Gasteiger partial charge is 0.256 e. The second-order valence-corrected chi connectivity index (χ2v) is 5.24. The molecule has 2 aromatic carbocycles. The zero-order valence-corrected chi connectivity index (χ0v) is 13.3. The highest BCUT2D eigenvalue weighted by Gasteiger charge is 1.99. The van der Waals surface area contributed by atoms with Crippen molar-refractivity contribution in [1.82, 2.24) is 4.98 Å². The minimum absolute atomic E-state index is 0. The zero-order valence-electron chi connectivity index (χ0n) is 11.0. The van der Waals surface area contributed by atoms with E-state index < -0.39 is 0 Å². The Morgan fingerprint density at radius 2 is 1.67 bits per heavy atom. The summed E-state index contributed by atoms with van der Waals surface area (Å²) in [6.07, 6.45) is 5.89. The first-order valence-corrected chi connectivity index (χ1v) is 6.96. The maximum atomic E-state index is 6.01. The number of pyridine rings is 1. The fourth-order valence-electron chi connectivity index (χ4n) is 2.07. The molecule has 0 aliphatic rings. The fourth-order valence-corrected chi connectivity index (χ4v) is 2.37. The van der Waals surface area contributed by atoms with Gasteiger partial charge in [0.1, 0.15) is 0 Å². The van der Waals surface area contributed by atoms with Gasteiger partial charge in [-0.2, -0.15) is 0 Å². The molecular formula is C17H12Cl3N. The number of aromatic nitrogens is 1. The molecule has 106 valence electrons. The first-order chi connectivity index (χ1) is 9.74. The van der Waals surface area contributed by atoms with Crippen LogP contribution in [0.3, 0.4) is 0 Å². The van der Waals surface area contributed by atoms with Crippen LogP contribution in [-0.4, -0.2) is 4.98 Å². The highest BCUT2D eigenvalue weighted by Crippen LogP contribution is 2.24. The average molecular weight is 337 g/mol. The van der Waals surface area contributed by atoms with Crippen molar-refractivity contribution >= 4 is 58.7 Å². The number of fused-ring (bicyclic) bond motifs is 1. The van der Waals surface area contributed by atoms with Crippen LogP contribution >= 0.6 is 35.6 Å². The van der Waals surface area contributed by atoms with Crippen molar-refractivity contribution in [2.75, 3.05) is 0 Å². The molecule has 0 saturated heterocycles. The molecule has 0 spiro atoms. The smallest absolute Gasteiger partial charge is 0.0707 e. The van der Waals surface area contributed by atoms with Crippen LogP contribution in [0.15, 0.2) is 54.7 Å². The molecule has 1 heterocycles. The van der Waals surface area contributed by atoms with Gasteiger partial charge in [-0.1, -0.05) is 59.6 Å². The number of halogens is 3. The Morgan fingerprint density at radius 3 is 2.48 bits per heavy atom. The van der Waals surface area contributed by atoms with Gasteiger partial charge >= 0.3 is 0 Å². The lowest BCUT2D eigenvalue weighted by atomic mass is 10.1. The van der Waals surface area contributed by atoms with Crippen molar-refractivity contribution in [3.8, 4) is 0 Å². The van der Waals surface area contributed by atoms with E-state index in [0.717, 1.165) is 22.0 Å². The normalized spacial score (nSPS) is 10.8. The van der Waals surface area contributed by atoms with Crippen LogP contribution in [0.5, 0.6) is 0 Å². The number of hydrogen-bond acceptors (Lipinski definition) is 1. The number of nitrogens with zero attached hydrogens (tertiary/aromatic N) is 1. The van der Waals surface area contributed by atoms with Gasteiger partial charge in [-0.3, -0.25) is 4.98 Å². The average Bonchev–Trinajstić information content (AvgIpc) is 2.48. The molecule has 0 unspecified atom stereocenters. The number of rotatable bonds is 2. The number of hydrogen-bond donors (Lipinski definition) is 0. The van der Waals surface area contributed by atoms with E-state index in [-0.39, 0.29) is 12.4 Å². The molecular weight excluding hydrogens is 325 g/mol. The van der Waals surface area contributed by atoms with Gasteiger partial charge in [0.2, 0.25) is 0 Å². The summed E-state index contributed by atoms with van der Waals surface area (Å²) in [6, 6.07) is 15.7. The Kier molecular flexibility index (Phi) is 5.24. The van der Waals surface area contributed by atoms with Crippen molar-refractivity contribution in [2.45, 2.75) is 0 Å². The van der Waals surface area contributed by atoms with E-state index >= 15 is 0 Å². The third kappa shape index (κ3) is 3.56. The van der Waals surface area contributed by atoms with Crippen LogP contribution in [0.4, 0.5) is 0 Å². The topological polar surface area (TPSA) is 12.9 Å². The lowest BCUT2D eigenvalue weighted by Gasteiger charge is -2.01. The van der Waals surface area contributed by atoms with Gasteiger partial charge in [0.05, 0.1) is 15.6 Å². The molecule has 0 saturated carbocycles. The number of benzene rings is 2. The minimum Gasteiger partial charge on any atom is -0.256 e. The van der Waals surface area contributed by atoms with Crippen molar-refractivity contribution in [1.29, 1.82) is 0 Å². The predicted octanol–water partition coefficient (Wildman–Crippen LogP) is 6.13. The van der Waals surface area contributed by atoms with Crippen LogP contribution < -0.4 is 0 Å². The monoisotopic (exact) mass is 335 g/mol. The van der Waals surface area contributed by atoms with E-state index in [2.05, 4.69) is 17.1 Å². The van der Waals surface area contributed by atoms with Crippen LogP contribution in [0.2, 0.25) is 10.0 Å². The summed E-state index contributed by atoms with van der Waals surface area (Å²) < 4.78 is 0. The fraction of sp³-hybridized carbons (Fsp3) is 0. The molecule has 1 nitrogen and oxygen atoms in total. The Bertz CT molecular complexity index is 792. The quantitative estimate of drug-likeness (QED) is 0.548. The number of para-hydroxylation sites is 1. The zero-order chi connectivity index (χ0) is 13.9. The Balaban J connectivity index is 0.00000161. The minimum atomic E-state index is 0. The maximum Gasteiger partial charge on any atom is 0.0707 e. The van der Waals surface area contributed by atoms with E-state index in [1.54, 1.807) is 6.07 Å². The first kappa shape index (κ1) is 15.8. The molecule has 0 fully saturated rings. The Hall–Kier alpha value is -1.54. The summed E-state index contributed by atoms with van der Waals surface area (Å²) >= 11 is 11.9. The molecule has 3 rings (SSSR count). The Labute approximate surface area is 139 Å². The lowest BCUT2D eigenvalue weighted by Crippen LogP contribution is -1.81. The van der Waals surface area contributed by atoms with E-state index in [4.69, 9.17) is 23.2 Å². The summed E-state index contributed by atoms with van der Waals surface area (Å²) in [5, 5.41) is 2.26. The van der Waals surface area contributed by atoms with E-state index in [1.165, 1.54) is 0 Å². The molecule has 0 N–H and O–H groups in total. The maximum absolute atomic E-state index is 6.01. The third-order valence-electron chi connectivity index (χ3n) is 3.08. The lowest BCUT2D eigenvalue weighted by molar-refractivity contribution is 1.41. The summed E-state index contributed by atoms with van der Waals surface area (Å²) in [5.74, 6) is 0. The van der Waals surface area contributed by atoms with Crippen LogP contribution in [-0.2, 0) is 0 Å².